The largest absolute Gasteiger partial charge is 0.490 e. The second kappa shape index (κ2) is 7.78. The Bertz CT molecular complexity index is 730. The van der Waals surface area contributed by atoms with Gasteiger partial charge in [0, 0.05) is 11.3 Å². The number of halogens is 1. The summed E-state index contributed by atoms with van der Waals surface area (Å²) in [6, 6.07) is 12.3. The van der Waals surface area contributed by atoms with Gasteiger partial charge in [0.25, 0.3) is 5.91 Å². The van der Waals surface area contributed by atoms with Crippen molar-refractivity contribution in [3.8, 4) is 5.75 Å². The molecule has 0 aliphatic rings. The van der Waals surface area contributed by atoms with Gasteiger partial charge in [-0.3, -0.25) is 4.79 Å². The number of benzene rings is 2. The van der Waals surface area contributed by atoms with E-state index in [1.54, 1.807) is 30.5 Å². The van der Waals surface area contributed by atoms with Crippen LogP contribution in [-0.2, 0) is 0 Å². The van der Waals surface area contributed by atoms with E-state index in [0.717, 1.165) is 15.8 Å². The zero-order valence-corrected chi connectivity index (χ0v) is 14.5. The van der Waals surface area contributed by atoms with Crippen LogP contribution < -0.4 is 15.9 Å². The summed E-state index contributed by atoms with van der Waals surface area (Å²) in [6.07, 6.45) is 1.66. The molecule has 2 rings (SSSR count). The molecule has 2 aromatic carbocycles. The molecule has 3 N–H and O–H groups in total. The lowest BCUT2D eigenvalue weighted by atomic mass is 10.2. The van der Waals surface area contributed by atoms with Crippen molar-refractivity contribution in [2.45, 2.75) is 20.0 Å². The maximum Gasteiger partial charge on any atom is 0.271 e. The zero-order valence-electron chi connectivity index (χ0n) is 12.9. The Balaban J connectivity index is 2.00. The summed E-state index contributed by atoms with van der Waals surface area (Å²) in [5.74, 6) is 0.452. The number of hydrazone groups is 1. The topological polar surface area (TPSA) is 76.7 Å². The van der Waals surface area contributed by atoms with Crippen LogP contribution in [0.3, 0.4) is 0 Å². The number of hydrogen-bond acceptors (Lipinski definition) is 4. The fourth-order valence-electron chi connectivity index (χ4n) is 1.86. The smallest absolute Gasteiger partial charge is 0.271 e. The summed E-state index contributed by atoms with van der Waals surface area (Å²) in [4.78, 5) is 11.9. The molecule has 6 heteroatoms. The predicted molar refractivity (Wildman–Crippen MR) is 95.8 cm³/mol. The van der Waals surface area contributed by atoms with Crippen LogP contribution in [0.2, 0.25) is 0 Å². The fourth-order valence-corrected chi connectivity index (χ4v) is 2.35. The highest BCUT2D eigenvalue weighted by Gasteiger charge is 2.05. The molecule has 0 fully saturated rings. The molecule has 0 atom stereocenters. The molecular formula is C17H18BrN3O2. The highest BCUT2D eigenvalue weighted by molar-refractivity contribution is 9.10. The molecule has 0 radical (unpaired) electrons. The molecule has 120 valence electrons. The number of carbonyl (C=O) groups is 1. The van der Waals surface area contributed by atoms with Crippen molar-refractivity contribution >= 4 is 33.7 Å². The maximum atomic E-state index is 11.9. The minimum Gasteiger partial charge on any atom is -0.490 e. The number of rotatable bonds is 5. The third-order valence-corrected chi connectivity index (χ3v) is 3.47. The van der Waals surface area contributed by atoms with Gasteiger partial charge in [-0.05, 0) is 71.7 Å². The lowest BCUT2D eigenvalue weighted by molar-refractivity contribution is 0.0955. The van der Waals surface area contributed by atoms with E-state index in [1.165, 1.54) is 0 Å². The van der Waals surface area contributed by atoms with E-state index >= 15 is 0 Å². The highest BCUT2D eigenvalue weighted by atomic mass is 79.9. The van der Waals surface area contributed by atoms with Crippen LogP contribution in [0.4, 0.5) is 5.69 Å². The number of nitrogen functional groups attached to an aromatic ring is 1. The average Bonchev–Trinajstić information content (AvgIpc) is 2.49. The Morgan fingerprint density at radius 3 is 2.74 bits per heavy atom. The third kappa shape index (κ3) is 5.10. The van der Waals surface area contributed by atoms with Crippen molar-refractivity contribution in [1.82, 2.24) is 5.43 Å². The van der Waals surface area contributed by atoms with Crippen LogP contribution >= 0.6 is 15.9 Å². The molecule has 0 aliphatic carbocycles. The van der Waals surface area contributed by atoms with E-state index in [-0.39, 0.29) is 12.0 Å². The number of carbonyl (C=O) groups excluding carboxylic acids is 1. The SMILES string of the molecule is CC(C)Oc1ccc(/C=N\NC(=O)c2cccc(N)c2)cc1Br. The van der Waals surface area contributed by atoms with E-state index in [1.807, 2.05) is 32.0 Å². The molecule has 0 bridgehead atoms. The molecule has 1 amide bonds. The molecule has 0 unspecified atom stereocenters. The van der Waals surface area contributed by atoms with Gasteiger partial charge in [0.15, 0.2) is 0 Å². The molecule has 0 spiro atoms. The van der Waals surface area contributed by atoms with Gasteiger partial charge in [-0.25, -0.2) is 5.43 Å². The third-order valence-electron chi connectivity index (χ3n) is 2.85. The summed E-state index contributed by atoms with van der Waals surface area (Å²) in [6.45, 7) is 3.93. The molecule has 2 aromatic rings. The number of nitrogens with two attached hydrogens (primary N) is 1. The van der Waals surface area contributed by atoms with E-state index in [4.69, 9.17) is 10.5 Å². The van der Waals surface area contributed by atoms with Gasteiger partial charge in [-0.1, -0.05) is 6.07 Å². The van der Waals surface area contributed by atoms with Gasteiger partial charge < -0.3 is 10.5 Å². The van der Waals surface area contributed by atoms with Gasteiger partial charge in [0.05, 0.1) is 16.8 Å². The first kappa shape index (κ1) is 17.0. The van der Waals surface area contributed by atoms with E-state index in [2.05, 4.69) is 26.5 Å². The summed E-state index contributed by atoms with van der Waals surface area (Å²) in [5.41, 5.74) is 9.94. The maximum absolute atomic E-state index is 11.9. The molecule has 5 nitrogen and oxygen atoms in total. The van der Waals surface area contributed by atoms with Crippen LogP contribution in [0.1, 0.15) is 29.8 Å². The average molecular weight is 376 g/mol. The first-order valence-electron chi connectivity index (χ1n) is 7.11. The molecular weight excluding hydrogens is 358 g/mol. The first-order valence-corrected chi connectivity index (χ1v) is 7.90. The van der Waals surface area contributed by atoms with Gasteiger partial charge in [-0.15, -0.1) is 0 Å². The van der Waals surface area contributed by atoms with Crippen molar-refractivity contribution in [3.63, 3.8) is 0 Å². The van der Waals surface area contributed by atoms with Gasteiger partial charge in [-0.2, -0.15) is 5.10 Å². The van der Waals surface area contributed by atoms with Crippen molar-refractivity contribution in [2.75, 3.05) is 5.73 Å². The van der Waals surface area contributed by atoms with Crippen LogP contribution in [0, 0.1) is 0 Å². The molecule has 0 saturated heterocycles. The number of ether oxygens (including phenoxy) is 1. The van der Waals surface area contributed by atoms with Crippen molar-refractivity contribution in [3.05, 3.63) is 58.1 Å². The van der Waals surface area contributed by atoms with E-state index in [0.29, 0.717) is 11.3 Å². The Labute approximate surface area is 143 Å². The van der Waals surface area contributed by atoms with Crippen LogP contribution in [-0.4, -0.2) is 18.2 Å². The lowest BCUT2D eigenvalue weighted by Crippen LogP contribution is -2.17. The Morgan fingerprint density at radius 2 is 2.09 bits per heavy atom. The monoisotopic (exact) mass is 375 g/mol. The number of nitrogens with one attached hydrogen (secondary N) is 1. The lowest BCUT2D eigenvalue weighted by Gasteiger charge is -2.11. The Morgan fingerprint density at radius 1 is 1.30 bits per heavy atom. The van der Waals surface area contributed by atoms with Crippen LogP contribution in [0.15, 0.2) is 52.0 Å². The standard InChI is InChI=1S/C17H18BrN3O2/c1-11(2)23-16-7-6-12(8-15(16)18)10-20-21-17(22)13-4-3-5-14(19)9-13/h3-11H,19H2,1-2H3,(H,21,22)/b20-10-. The second-order valence-electron chi connectivity index (χ2n) is 5.18. The number of amides is 1. The van der Waals surface area contributed by atoms with Gasteiger partial charge >= 0.3 is 0 Å². The Hall–Kier alpha value is -2.34. The van der Waals surface area contributed by atoms with Crippen molar-refractivity contribution < 1.29 is 9.53 Å². The second-order valence-corrected chi connectivity index (χ2v) is 6.04. The molecule has 0 aliphatic heterocycles. The zero-order chi connectivity index (χ0) is 16.8. The van der Waals surface area contributed by atoms with Gasteiger partial charge in [0.2, 0.25) is 0 Å². The summed E-state index contributed by atoms with van der Waals surface area (Å²) in [7, 11) is 0. The van der Waals surface area contributed by atoms with E-state index < -0.39 is 0 Å². The minimum absolute atomic E-state index is 0.100. The first-order chi connectivity index (χ1) is 11.0. The number of anilines is 1. The molecule has 0 saturated carbocycles. The molecule has 0 aromatic heterocycles. The highest BCUT2D eigenvalue weighted by Crippen LogP contribution is 2.26. The normalized spacial score (nSPS) is 11.0. The molecule has 23 heavy (non-hydrogen) atoms. The quantitative estimate of drug-likeness (QED) is 0.476. The van der Waals surface area contributed by atoms with Crippen molar-refractivity contribution in [2.24, 2.45) is 5.10 Å². The van der Waals surface area contributed by atoms with E-state index in [9.17, 15) is 4.79 Å². The van der Waals surface area contributed by atoms with Crippen molar-refractivity contribution in [1.29, 1.82) is 0 Å². The Kier molecular flexibility index (Phi) is 5.76. The number of nitrogens with zero attached hydrogens (tertiary/aromatic N) is 1. The van der Waals surface area contributed by atoms with Crippen LogP contribution in [0.25, 0.3) is 0 Å². The van der Waals surface area contributed by atoms with Gasteiger partial charge in [0.1, 0.15) is 5.75 Å². The summed E-state index contributed by atoms with van der Waals surface area (Å²) >= 11 is 3.45. The summed E-state index contributed by atoms with van der Waals surface area (Å²) in [5, 5.41) is 3.95. The minimum atomic E-state index is -0.313. The summed E-state index contributed by atoms with van der Waals surface area (Å²) < 4.78 is 6.47. The fraction of sp³-hybridized carbons (Fsp3) is 0.176. The predicted octanol–water partition coefficient (Wildman–Crippen LogP) is 3.58. The number of hydrogen-bond donors (Lipinski definition) is 2. The van der Waals surface area contributed by atoms with Crippen LogP contribution in [0.5, 0.6) is 5.75 Å². The molecule has 0 heterocycles.